The van der Waals surface area contributed by atoms with Gasteiger partial charge in [-0.2, -0.15) is 0 Å². The van der Waals surface area contributed by atoms with Gasteiger partial charge in [-0.25, -0.2) is 4.39 Å². The van der Waals surface area contributed by atoms with Crippen LogP contribution in [-0.2, 0) is 0 Å². The summed E-state index contributed by atoms with van der Waals surface area (Å²) >= 11 is 0. The molecule has 2 N–H and O–H groups in total. The Hall–Kier alpha value is -3.87. The van der Waals surface area contributed by atoms with Gasteiger partial charge in [0, 0.05) is 17.2 Å². The van der Waals surface area contributed by atoms with Crippen LogP contribution in [0.2, 0.25) is 0 Å². The summed E-state index contributed by atoms with van der Waals surface area (Å²) in [5, 5.41) is 5.25. The summed E-state index contributed by atoms with van der Waals surface area (Å²) < 4.78 is 24.1. The van der Waals surface area contributed by atoms with Crippen LogP contribution in [0.1, 0.15) is 20.7 Å². The number of rotatable bonds is 6. The predicted molar refractivity (Wildman–Crippen MR) is 108 cm³/mol. The van der Waals surface area contributed by atoms with Gasteiger partial charge in [-0.15, -0.1) is 0 Å². The second-order valence-electron chi connectivity index (χ2n) is 6.03. The molecule has 148 valence electrons. The smallest absolute Gasteiger partial charge is 0.255 e. The molecule has 0 aliphatic carbocycles. The van der Waals surface area contributed by atoms with Crippen molar-refractivity contribution in [3.05, 3.63) is 83.7 Å². The first kappa shape index (κ1) is 19.9. The zero-order valence-electron chi connectivity index (χ0n) is 15.9. The van der Waals surface area contributed by atoms with Crippen molar-refractivity contribution in [2.45, 2.75) is 0 Å². The van der Waals surface area contributed by atoms with Crippen LogP contribution in [0.25, 0.3) is 0 Å². The third-order valence-corrected chi connectivity index (χ3v) is 4.19. The largest absolute Gasteiger partial charge is 0.497 e. The molecule has 3 aromatic rings. The predicted octanol–water partition coefficient (Wildman–Crippen LogP) is 4.35. The minimum atomic E-state index is -0.524. The average molecular weight is 394 g/mol. The van der Waals surface area contributed by atoms with Crippen molar-refractivity contribution >= 4 is 23.2 Å². The van der Waals surface area contributed by atoms with Crippen LogP contribution in [0.15, 0.2) is 66.7 Å². The summed E-state index contributed by atoms with van der Waals surface area (Å²) in [6.45, 7) is 0. The number of carbonyl (C=O) groups is 2. The Kier molecular flexibility index (Phi) is 6.09. The molecule has 6 nitrogen and oxygen atoms in total. The van der Waals surface area contributed by atoms with Gasteiger partial charge in [0.2, 0.25) is 0 Å². The second-order valence-corrected chi connectivity index (χ2v) is 6.03. The molecule has 0 aliphatic rings. The lowest BCUT2D eigenvalue weighted by atomic mass is 10.1. The molecule has 3 aromatic carbocycles. The van der Waals surface area contributed by atoms with E-state index in [1.165, 1.54) is 56.7 Å². The molecule has 0 aromatic heterocycles. The normalized spacial score (nSPS) is 10.2. The molecule has 7 heteroatoms. The number of ether oxygens (including phenoxy) is 2. The highest BCUT2D eigenvalue weighted by molar-refractivity contribution is 6.07. The standard InChI is InChI=1S/C22H19FN2O4/c1-28-16-11-12-20(29-2)19(13-16)25-22(27)15-9-7-14(8-10-15)21(26)24-18-6-4-3-5-17(18)23/h3-13H,1-2H3,(H,24,26)(H,25,27). The molecular weight excluding hydrogens is 375 g/mol. The van der Waals surface area contributed by atoms with Crippen molar-refractivity contribution < 1.29 is 23.5 Å². The number of hydrogen-bond donors (Lipinski definition) is 2. The highest BCUT2D eigenvalue weighted by Gasteiger charge is 2.13. The van der Waals surface area contributed by atoms with E-state index in [2.05, 4.69) is 10.6 Å². The zero-order chi connectivity index (χ0) is 20.8. The Balaban J connectivity index is 1.72. The van der Waals surface area contributed by atoms with Gasteiger partial charge in [0.05, 0.1) is 25.6 Å². The molecule has 0 saturated heterocycles. The Morgan fingerprint density at radius 2 is 1.34 bits per heavy atom. The molecule has 0 saturated carbocycles. The van der Waals surface area contributed by atoms with Gasteiger partial charge < -0.3 is 20.1 Å². The Labute approximate surface area is 167 Å². The molecule has 0 unspecified atom stereocenters. The van der Waals surface area contributed by atoms with E-state index in [4.69, 9.17) is 9.47 Å². The Morgan fingerprint density at radius 1 is 0.759 bits per heavy atom. The number of amides is 2. The van der Waals surface area contributed by atoms with Gasteiger partial charge in [-0.3, -0.25) is 9.59 Å². The van der Waals surface area contributed by atoms with E-state index in [9.17, 15) is 14.0 Å². The average Bonchev–Trinajstić information content (AvgIpc) is 2.75. The minimum Gasteiger partial charge on any atom is -0.497 e. The number of para-hydroxylation sites is 1. The maximum atomic E-state index is 13.7. The zero-order valence-corrected chi connectivity index (χ0v) is 15.9. The summed E-state index contributed by atoms with van der Waals surface area (Å²) in [5.41, 5.74) is 1.18. The van der Waals surface area contributed by atoms with Crippen LogP contribution in [0.5, 0.6) is 11.5 Å². The van der Waals surface area contributed by atoms with E-state index in [-0.39, 0.29) is 11.6 Å². The summed E-state index contributed by atoms with van der Waals surface area (Å²) in [6, 6.07) is 17.0. The van der Waals surface area contributed by atoms with E-state index in [1.807, 2.05) is 0 Å². The quantitative estimate of drug-likeness (QED) is 0.652. The van der Waals surface area contributed by atoms with E-state index in [0.717, 1.165) is 0 Å². The summed E-state index contributed by atoms with van der Waals surface area (Å²) in [7, 11) is 3.03. The molecular formula is C22H19FN2O4. The first-order chi connectivity index (χ1) is 14.0. The second kappa shape index (κ2) is 8.88. The van der Waals surface area contributed by atoms with Crippen molar-refractivity contribution in [3.8, 4) is 11.5 Å². The lowest BCUT2D eigenvalue weighted by Crippen LogP contribution is -2.15. The SMILES string of the molecule is COc1ccc(OC)c(NC(=O)c2ccc(C(=O)Nc3ccccc3F)cc2)c1. The van der Waals surface area contributed by atoms with Gasteiger partial charge >= 0.3 is 0 Å². The van der Waals surface area contributed by atoms with Crippen molar-refractivity contribution in [3.63, 3.8) is 0 Å². The first-order valence-electron chi connectivity index (χ1n) is 8.71. The molecule has 0 radical (unpaired) electrons. The highest BCUT2D eigenvalue weighted by atomic mass is 19.1. The maximum Gasteiger partial charge on any atom is 0.255 e. The number of anilines is 2. The van der Waals surface area contributed by atoms with Crippen LogP contribution < -0.4 is 20.1 Å². The number of nitrogens with one attached hydrogen (secondary N) is 2. The molecule has 0 aliphatic heterocycles. The topological polar surface area (TPSA) is 76.7 Å². The fourth-order valence-corrected chi connectivity index (χ4v) is 2.64. The molecule has 0 bridgehead atoms. The van der Waals surface area contributed by atoms with Gasteiger partial charge in [-0.05, 0) is 48.5 Å². The number of carbonyl (C=O) groups excluding carboxylic acids is 2. The van der Waals surface area contributed by atoms with Gasteiger partial charge in [0.25, 0.3) is 11.8 Å². The molecule has 2 amide bonds. The van der Waals surface area contributed by atoms with Gasteiger partial charge in [-0.1, -0.05) is 12.1 Å². The summed E-state index contributed by atoms with van der Waals surface area (Å²) in [6.07, 6.45) is 0. The number of methoxy groups -OCH3 is 2. The molecule has 29 heavy (non-hydrogen) atoms. The Bertz CT molecular complexity index is 1040. The minimum absolute atomic E-state index is 0.0874. The maximum absolute atomic E-state index is 13.7. The third kappa shape index (κ3) is 4.70. The van der Waals surface area contributed by atoms with Crippen LogP contribution >= 0.6 is 0 Å². The van der Waals surface area contributed by atoms with E-state index < -0.39 is 11.7 Å². The monoisotopic (exact) mass is 394 g/mol. The van der Waals surface area contributed by atoms with Crippen LogP contribution in [0, 0.1) is 5.82 Å². The number of halogens is 1. The third-order valence-electron chi connectivity index (χ3n) is 4.19. The van der Waals surface area contributed by atoms with Crippen molar-refractivity contribution in [1.29, 1.82) is 0 Å². The number of hydrogen-bond acceptors (Lipinski definition) is 4. The van der Waals surface area contributed by atoms with Crippen molar-refractivity contribution in [2.24, 2.45) is 0 Å². The van der Waals surface area contributed by atoms with Gasteiger partial charge in [0.15, 0.2) is 0 Å². The fourth-order valence-electron chi connectivity index (χ4n) is 2.64. The van der Waals surface area contributed by atoms with Crippen LogP contribution in [-0.4, -0.2) is 26.0 Å². The lowest BCUT2D eigenvalue weighted by Gasteiger charge is -2.12. The lowest BCUT2D eigenvalue weighted by molar-refractivity contribution is 0.101. The van der Waals surface area contributed by atoms with E-state index in [1.54, 1.807) is 24.3 Å². The molecule has 0 heterocycles. The van der Waals surface area contributed by atoms with E-state index >= 15 is 0 Å². The van der Waals surface area contributed by atoms with Crippen LogP contribution in [0.3, 0.4) is 0 Å². The summed E-state index contributed by atoms with van der Waals surface area (Å²) in [4.78, 5) is 24.8. The fraction of sp³-hybridized carbons (Fsp3) is 0.0909. The molecule has 3 rings (SSSR count). The van der Waals surface area contributed by atoms with Crippen LogP contribution in [0.4, 0.5) is 15.8 Å². The number of benzene rings is 3. The summed E-state index contributed by atoms with van der Waals surface area (Å²) in [5.74, 6) is -0.320. The molecule has 0 fully saturated rings. The van der Waals surface area contributed by atoms with E-state index in [0.29, 0.717) is 28.3 Å². The molecule has 0 atom stereocenters. The van der Waals surface area contributed by atoms with Crippen molar-refractivity contribution in [1.82, 2.24) is 0 Å². The highest BCUT2D eigenvalue weighted by Crippen LogP contribution is 2.29. The van der Waals surface area contributed by atoms with Crippen molar-refractivity contribution in [2.75, 3.05) is 24.9 Å². The molecule has 0 spiro atoms. The first-order valence-corrected chi connectivity index (χ1v) is 8.71. The Morgan fingerprint density at radius 3 is 1.90 bits per heavy atom. The van der Waals surface area contributed by atoms with Gasteiger partial charge in [0.1, 0.15) is 17.3 Å².